The molecule has 0 N–H and O–H groups in total. The number of halogens is 3. The fourth-order valence-corrected chi connectivity index (χ4v) is 1.85. The summed E-state index contributed by atoms with van der Waals surface area (Å²) in [6, 6.07) is 14.2. The van der Waals surface area contributed by atoms with E-state index in [2.05, 4.69) is 6.07 Å². The first-order valence-electron chi connectivity index (χ1n) is 6.26. The van der Waals surface area contributed by atoms with E-state index in [1.54, 1.807) is 6.08 Å². The van der Waals surface area contributed by atoms with E-state index in [1.807, 2.05) is 31.2 Å². The zero-order chi connectivity index (χ0) is 15.5. The summed E-state index contributed by atoms with van der Waals surface area (Å²) in [4.78, 5) is 0. The Morgan fingerprint density at radius 1 is 1.00 bits per heavy atom. The van der Waals surface area contributed by atoms with Crippen LogP contribution in [0.4, 0.5) is 13.2 Å². The predicted molar refractivity (Wildman–Crippen MR) is 76.1 cm³/mol. The lowest BCUT2D eigenvalue weighted by molar-refractivity contribution is -0.137. The topological polar surface area (TPSA) is 23.8 Å². The van der Waals surface area contributed by atoms with Crippen LogP contribution in [0.25, 0.3) is 11.6 Å². The van der Waals surface area contributed by atoms with E-state index in [-0.39, 0.29) is 0 Å². The van der Waals surface area contributed by atoms with Gasteiger partial charge in [0.2, 0.25) is 0 Å². The number of allylic oxidation sites excluding steroid dienone is 1. The molecule has 0 atom stereocenters. The standard InChI is InChI=1S/C17H12F3N/c1-12-2-6-14(7-3-12)15(11-21)10-13-4-8-16(9-5-13)17(18,19)20/h2-10H,1H3/b15-10+. The van der Waals surface area contributed by atoms with Crippen LogP contribution in [0.2, 0.25) is 0 Å². The number of hydrogen-bond donors (Lipinski definition) is 0. The van der Waals surface area contributed by atoms with Gasteiger partial charge in [0.1, 0.15) is 0 Å². The van der Waals surface area contributed by atoms with Crippen molar-refractivity contribution in [3.8, 4) is 6.07 Å². The molecule has 0 aromatic heterocycles. The third-order valence-corrected chi connectivity index (χ3v) is 3.03. The van der Waals surface area contributed by atoms with Crippen LogP contribution >= 0.6 is 0 Å². The second-order valence-electron chi connectivity index (χ2n) is 4.66. The van der Waals surface area contributed by atoms with Crippen molar-refractivity contribution in [3.63, 3.8) is 0 Å². The molecule has 0 aliphatic rings. The van der Waals surface area contributed by atoms with Crippen LogP contribution in [0.15, 0.2) is 48.5 Å². The molecule has 21 heavy (non-hydrogen) atoms. The third kappa shape index (κ3) is 3.73. The molecule has 106 valence electrons. The number of nitriles is 1. The van der Waals surface area contributed by atoms with Gasteiger partial charge in [0, 0.05) is 0 Å². The first-order valence-corrected chi connectivity index (χ1v) is 6.26. The van der Waals surface area contributed by atoms with E-state index < -0.39 is 11.7 Å². The first kappa shape index (κ1) is 14.9. The van der Waals surface area contributed by atoms with Crippen LogP contribution < -0.4 is 0 Å². The van der Waals surface area contributed by atoms with Gasteiger partial charge in [-0.25, -0.2) is 0 Å². The molecule has 0 fully saturated rings. The SMILES string of the molecule is Cc1ccc(/C(C#N)=C/c2ccc(C(F)(F)F)cc2)cc1. The Kier molecular flexibility index (Phi) is 4.13. The average molecular weight is 287 g/mol. The lowest BCUT2D eigenvalue weighted by Crippen LogP contribution is -2.03. The fraction of sp³-hybridized carbons (Fsp3) is 0.118. The van der Waals surface area contributed by atoms with Crippen LogP contribution in [-0.2, 0) is 6.18 Å². The van der Waals surface area contributed by atoms with Gasteiger partial charge in [-0.3, -0.25) is 0 Å². The Hall–Kier alpha value is -2.54. The van der Waals surface area contributed by atoms with Gasteiger partial charge < -0.3 is 0 Å². The first-order chi connectivity index (χ1) is 9.90. The Bertz CT molecular complexity index is 687. The van der Waals surface area contributed by atoms with Crippen molar-refractivity contribution in [1.29, 1.82) is 5.26 Å². The van der Waals surface area contributed by atoms with Crippen LogP contribution in [0, 0.1) is 18.3 Å². The zero-order valence-electron chi connectivity index (χ0n) is 11.3. The van der Waals surface area contributed by atoms with Gasteiger partial charge in [-0.2, -0.15) is 18.4 Å². The molecule has 0 saturated carbocycles. The van der Waals surface area contributed by atoms with Crippen molar-refractivity contribution >= 4 is 11.6 Å². The molecule has 1 nitrogen and oxygen atoms in total. The molecule has 0 radical (unpaired) electrons. The van der Waals surface area contributed by atoms with Gasteiger partial charge >= 0.3 is 6.18 Å². The maximum absolute atomic E-state index is 12.5. The summed E-state index contributed by atoms with van der Waals surface area (Å²) in [6.07, 6.45) is -2.78. The highest BCUT2D eigenvalue weighted by atomic mass is 19.4. The summed E-state index contributed by atoms with van der Waals surface area (Å²) < 4.78 is 37.4. The number of rotatable bonds is 2. The van der Waals surface area contributed by atoms with E-state index in [4.69, 9.17) is 0 Å². The van der Waals surface area contributed by atoms with Crippen LogP contribution in [-0.4, -0.2) is 0 Å². The maximum Gasteiger partial charge on any atom is 0.416 e. The average Bonchev–Trinajstić information content (AvgIpc) is 2.45. The van der Waals surface area contributed by atoms with Gasteiger partial charge in [0.15, 0.2) is 0 Å². The van der Waals surface area contributed by atoms with Gasteiger partial charge in [-0.15, -0.1) is 0 Å². The number of benzene rings is 2. The van der Waals surface area contributed by atoms with E-state index in [9.17, 15) is 18.4 Å². The Labute approximate surface area is 121 Å². The second kappa shape index (κ2) is 5.84. The molecule has 0 saturated heterocycles. The molecule has 2 aromatic carbocycles. The summed E-state index contributed by atoms with van der Waals surface area (Å²) in [5.41, 5.74) is 2.08. The number of hydrogen-bond acceptors (Lipinski definition) is 1. The monoisotopic (exact) mass is 287 g/mol. The normalized spacial score (nSPS) is 12.0. The minimum atomic E-state index is -4.35. The maximum atomic E-state index is 12.5. The molecule has 0 unspecified atom stereocenters. The summed E-state index contributed by atoms with van der Waals surface area (Å²) in [6.45, 7) is 1.94. The minimum absolute atomic E-state index is 0.412. The van der Waals surface area contributed by atoms with Crippen molar-refractivity contribution in [2.24, 2.45) is 0 Å². The fourth-order valence-electron chi connectivity index (χ4n) is 1.85. The number of aryl methyl sites for hydroxylation is 1. The predicted octanol–water partition coefficient (Wildman–Crippen LogP) is 5.08. The van der Waals surface area contributed by atoms with Crippen molar-refractivity contribution < 1.29 is 13.2 Å². The Morgan fingerprint density at radius 3 is 2.05 bits per heavy atom. The van der Waals surface area contributed by atoms with Crippen LogP contribution in [0.3, 0.4) is 0 Å². The van der Waals surface area contributed by atoms with Gasteiger partial charge in [0.25, 0.3) is 0 Å². The highest BCUT2D eigenvalue weighted by Gasteiger charge is 2.29. The van der Waals surface area contributed by atoms with Gasteiger partial charge in [0.05, 0.1) is 17.2 Å². The van der Waals surface area contributed by atoms with Crippen molar-refractivity contribution in [1.82, 2.24) is 0 Å². The van der Waals surface area contributed by atoms with Crippen molar-refractivity contribution in [2.45, 2.75) is 13.1 Å². The Morgan fingerprint density at radius 2 is 1.57 bits per heavy atom. The largest absolute Gasteiger partial charge is 0.416 e. The highest BCUT2D eigenvalue weighted by Crippen LogP contribution is 2.29. The molecule has 0 bridgehead atoms. The molecular weight excluding hydrogens is 275 g/mol. The van der Waals surface area contributed by atoms with Crippen LogP contribution in [0.5, 0.6) is 0 Å². The molecular formula is C17H12F3N. The number of alkyl halides is 3. The third-order valence-electron chi connectivity index (χ3n) is 3.03. The summed E-state index contributed by atoms with van der Waals surface area (Å²) in [5, 5.41) is 9.20. The zero-order valence-corrected chi connectivity index (χ0v) is 11.3. The highest BCUT2D eigenvalue weighted by molar-refractivity contribution is 5.89. The molecule has 4 heteroatoms. The van der Waals surface area contributed by atoms with E-state index >= 15 is 0 Å². The quantitative estimate of drug-likeness (QED) is 0.558. The summed E-state index contributed by atoms with van der Waals surface area (Å²) in [5.74, 6) is 0. The van der Waals surface area contributed by atoms with E-state index in [0.717, 1.165) is 23.3 Å². The molecule has 0 spiro atoms. The van der Waals surface area contributed by atoms with Gasteiger partial charge in [-0.05, 0) is 36.3 Å². The minimum Gasteiger partial charge on any atom is -0.192 e. The van der Waals surface area contributed by atoms with E-state index in [1.165, 1.54) is 12.1 Å². The molecule has 0 heterocycles. The van der Waals surface area contributed by atoms with Gasteiger partial charge in [-0.1, -0.05) is 42.0 Å². The molecule has 0 aliphatic heterocycles. The van der Waals surface area contributed by atoms with E-state index in [0.29, 0.717) is 11.1 Å². The molecule has 2 rings (SSSR count). The lowest BCUT2D eigenvalue weighted by Gasteiger charge is -2.06. The summed E-state index contributed by atoms with van der Waals surface area (Å²) >= 11 is 0. The molecule has 0 amide bonds. The lowest BCUT2D eigenvalue weighted by atomic mass is 10.0. The van der Waals surface area contributed by atoms with Crippen LogP contribution in [0.1, 0.15) is 22.3 Å². The molecule has 2 aromatic rings. The molecule has 0 aliphatic carbocycles. The second-order valence-corrected chi connectivity index (χ2v) is 4.66. The van der Waals surface area contributed by atoms with Crippen molar-refractivity contribution in [2.75, 3.05) is 0 Å². The van der Waals surface area contributed by atoms with Crippen molar-refractivity contribution in [3.05, 3.63) is 70.8 Å². The number of nitrogens with zero attached hydrogens (tertiary/aromatic N) is 1. The Balaban J connectivity index is 2.33. The summed E-state index contributed by atoms with van der Waals surface area (Å²) in [7, 11) is 0. The smallest absolute Gasteiger partial charge is 0.192 e.